The molecule has 7 nitrogen and oxygen atoms in total. The standard InChI is InChI=1S/C25H26F3N3O4S2/c1-15-13-16(2)22(31-8-10-35-11-9-31)17(3)21(15)29-24(32)23-20(7-12-36-23)30-37(33,34)19-6-4-5-18(14-19)25(26,27)28/h4-7,12-14,30H,8-11H2,1-3H3,(H,29,32). The van der Waals surface area contributed by atoms with Gasteiger partial charge >= 0.3 is 6.18 Å². The Hall–Kier alpha value is -3.09. The van der Waals surface area contributed by atoms with Gasteiger partial charge in [-0.1, -0.05) is 12.1 Å². The minimum absolute atomic E-state index is 0.0178. The zero-order chi connectivity index (χ0) is 27.0. The second-order valence-electron chi connectivity index (χ2n) is 8.71. The van der Waals surface area contributed by atoms with Gasteiger partial charge in [-0.3, -0.25) is 9.52 Å². The number of benzene rings is 2. The number of aryl methyl sites for hydroxylation is 2. The third-order valence-electron chi connectivity index (χ3n) is 6.08. The monoisotopic (exact) mass is 553 g/mol. The maximum atomic E-state index is 13.3. The fraction of sp³-hybridized carbons (Fsp3) is 0.320. The molecule has 0 bridgehead atoms. The van der Waals surface area contributed by atoms with Gasteiger partial charge in [0.1, 0.15) is 4.88 Å². The molecule has 1 amide bonds. The van der Waals surface area contributed by atoms with Crippen molar-refractivity contribution in [1.29, 1.82) is 0 Å². The zero-order valence-corrected chi connectivity index (χ0v) is 22.0. The predicted molar refractivity (Wildman–Crippen MR) is 138 cm³/mol. The van der Waals surface area contributed by atoms with Crippen LogP contribution in [0, 0.1) is 20.8 Å². The van der Waals surface area contributed by atoms with Gasteiger partial charge in [0.15, 0.2) is 0 Å². The molecule has 0 unspecified atom stereocenters. The van der Waals surface area contributed by atoms with E-state index in [4.69, 9.17) is 4.74 Å². The molecule has 0 atom stereocenters. The third kappa shape index (κ3) is 5.76. The molecule has 0 aliphatic carbocycles. The van der Waals surface area contributed by atoms with Crippen LogP contribution in [0.4, 0.5) is 30.2 Å². The summed E-state index contributed by atoms with van der Waals surface area (Å²) in [6, 6.07) is 6.82. The Balaban J connectivity index is 1.60. The number of carbonyl (C=O) groups excluding carboxylic acids is 1. The Morgan fingerprint density at radius 1 is 1.05 bits per heavy atom. The van der Waals surface area contributed by atoms with Gasteiger partial charge in [-0.05, 0) is 67.1 Å². The van der Waals surface area contributed by atoms with E-state index in [1.165, 1.54) is 11.4 Å². The van der Waals surface area contributed by atoms with Crippen LogP contribution in [0.1, 0.15) is 31.9 Å². The Morgan fingerprint density at radius 3 is 2.43 bits per heavy atom. The molecule has 2 aromatic carbocycles. The number of nitrogens with one attached hydrogen (secondary N) is 2. The summed E-state index contributed by atoms with van der Waals surface area (Å²) in [5, 5.41) is 4.45. The average Bonchev–Trinajstić information content (AvgIpc) is 3.29. The van der Waals surface area contributed by atoms with E-state index < -0.39 is 32.6 Å². The number of sulfonamides is 1. The summed E-state index contributed by atoms with van der Waals surface area (Å²) in [6.45, 7) is 8.49. The molecule has 1 aliphatic rings. The van der Waals surface area contributed by atoms with E-state index in [0.717, 1.165) is 65.0 Å². The smallest absolute Gasteiger partial charge is 0.378 e. The highest BCUT2D eigenvalue weighted by molar-refractivity contribution is 7.92. The summed E-state index contributed by atoms with van der Waals surface area (Å²) in [6.07, 6.45) is -4.69. The van der Waals surface area contributed by atoms with Crippen molar-refractivity contribution in [2.45, 2.75) is 31.8 Å². The second-order valence-corrected chi connectivity index (χ2v) is 11.3. The van der Waals surface area contributed by atoms with Crippen molar-refractivity contribution in [3.8, 4) is 0 Å². The number of thiophene rings is 1. The van der Waals surface area contributed by atoms with Crippen molar-refractivity contribution in [1.82, 2.24) is 0 Å². The van der Waals surface area contributed by atoms with Crippen molar-refractivity contribution < 1.29 is 31.1 Å². The van der Waals surface area contributed by atoms with Crippen LogP contribution in [0.5, 0.6) is 0 Å². The summed E-state index contributed by atoms with van der Waals surface area (Å²) >= 11 is 1.02. The molecule has 2 heterocycles. The zero-order valence-electron chi connectivity index (χ0n) is 20.4. The normalized spacial score (nSPS) is 14.5. The minimum atomic E-state index is -4.69. The Kier molecular flexibility index (Phi) is 7.54. The lowest BCUT2D eigenvalue weighted by atomic mass is 10.0. The predicted octanol–water partition coefficient (Wildman–Crippen LogP) is 5.58. The van der Waals surface area contributed by atoms with Crippen LogP contribution >= 0.6 is 11.3 Å². The van der Waals surface area contributed by atoms with Crippen molar-refractivity contribution in [2.24, 2.45) is 0 Å². The molecule has 0 spiro atoms. The Morgan fingerprint density at radius 2 is 1.76 bits per heavy atom. The lowest BCUT2D eigenvalue weighted by Crippen LogP contribution is -2.37. The minimum Gasteiger partial charge on any atom is -0.378 e. The number of carbonyl (C=O) groups is 1. The first-order chi connectivity index (χ1) is 17.4. The molecule has 2 N–H and O–H groups in total. The maximum absolute atomic E-state index is 13.3. The molecule has 0 radical (unpaired) electrons. The molecule has 0 saturated carbocycles. The van der Waals surface area contributed by atoms with Crippen molar-refractivity contribution in [2.75, 3.05) is 41.2 Å². The summed E-state index contributed by atoms with van der Waals surface area (Å²) in [5.41, 5.74) is 3.34. The van der Waals surface area contributed by atoms with Crippen LogP contribution in [-0.2, 0) is 20.9 Å². The molecule has 1 fully saturated rings. The van der Waals surface area contributed by atoms with E-state index in [9.17, 15) is 26.4 Å². The summed E-state index contributed by atoms with van der Waals surface area (Å²) in [4.78, 5) is 15.0. The van der Waals surface area contributed by atoms with E-state index >= 15 is 0 Å². The van der Waals surface area contributed by atoms with Gasteiger partial charge in [-0.2, -0.15) is 13.2 Å². The van der Waals surface area contributed by atoms with Crippen LogP contribution in [0.3, 0.4) is 0 Å². The van der Waals surface area contributed by atoms with E-state index in [-0.39, 0.29) is 10.6 Å². The molecule has 198 valence electrons. The van der Waals surface area contributed by atoms with Gasteiger partial charge in [-0.15, -0.1) is 11.3 Å². The number of hydrogen-bond acceptors (Lipinski definition) is 6. The van der Waals surface area contributed by atoms with E-state index in [2.05, 4.69) is 14.9 Å². The SMILES string of the molecule is Cc1cc(C)c(N2CCOCC2)c(C)c1NC(=O)c1sccc1NS(=O)(=O)c1cccc(C(F)(F)F)c1. The highest BCUT2D eigenvalue weighted by atomic mass is 32.2. The molecule has 4 rings (SSSR count). The fourth-order valence-electron chi connectivity index (χ4n) is 4.42. The topological polar surface area (TPSA) is 87.7 Å². The molecular formula is C25H26F3N3O4S2. The van der Waals surface area contributed by atoms with Crippen molar-refractivity contribution in [3.05, 3.63) is 68.9 Å². The first kappa shape index (κ1) is 27.0. The van der Waals surface area contributed by atoms with E-state index in [1.54, 1.807) is 0 Å². The summed E-state index contributed by atoms with van der Waals surface area (Å²) in [7, 11) is -4.38. The van der Waals surface area contributed by atoms with Gasteiger partial charge < -0.3 is 15.0 Å². The average molecular weight is 554 g/mol. The maximum Gasteiger partial charge on any atom is 0.416 e. The summed E-state index contributed by atoms with van der Waals surface area (Å²) in [5.74, 6) is -0.528. The lowest BCUT2D eigenvalue weighted by Gasteiger charge is -2.32. The molecular weight excluding hydrogens is 527 g/mol. The lowest BCUT2D eigenvalue weighted by molar-refractivity contribution is -0.137. The highest BCUT2D eigenvalue weighted by Crippen LogP contribution is 2.36. The summed E-state index contributed by atoms with van der Waals surface area (Å²) < 4.78 is 72.6. The third-order valence-corrected chi connectivity index (χ3v) is 8.36. The van der Waals surface area contributed by atoms with Crippen LogP contribution in [0.15, 0.2) is 46.7 Å². The van der Waals surface area contributed by atoms with Gasteiger partial charge in [0.05, 0.1) is 29.4 Å². The number of hydrogen-bond donors (Lipinski definition) is 2. The largest absolute Gasteiger partial charge is 0.416 e. The fourth-order valence-corrected chi connectivity index (χ4v) is 6.35. The highest BCUT2D eigenvalue weighted by Gasteiger charge is 2.32. The second kappa shape index (κ2) is 10.3. The number of alkyl halides is 3. The van der Waals surface area contributed by atoms with Gasteiger partial charge in [0.25, 0.3) is 15.9 Å². The number of ether oxygens (including phenoxy) is 1. The van der Waals surface area contributed by atoms with Gasteiger partial charge in [0, 0.05) is 24.5 Å². The van der Waals surface area contributed by atoms with E-state index in [0.29, 0.717) is 25.0 Å². The molecule has 12 heteroatoms. The molecule has 1 aliphatic heterocycles. The van der Waals surface area contributed by atoms with E-state index in [1.807, 2.05) is 26.8 Å². The number of morpholine rings is 1. The first-order valence-electron chi connectivity index (χ1n) is 11.4. The molecule has 1 saturated heterocycles. The molecule has 37 heavy (non-hydrogen) atoms. The molecule has 3 aromatic rings. The number of rotatable bonds is 6. The van der Waals surface area contributed by atoms with Crippen LogP contribution in [0.25, 0.3) is 0 Å². The van der Waals surface area contributed by atoms with Crippen LogP contribution in [-0.4, -0.2) is 40.6 Å². The first-order valence-corrected chi connectivity index (χ1v) is 13.8. The van der Waals surface area contributed by atoms with Crippen LogP contribution < -0.4 is 14.9 Å². The van der Waals surface area contributed by atoms with Crippen molar-refractivity contribution >= 4 is 44.3 Å². The van der Waals surface area contributed by atoms with Gasteiger partial charge in [0.2, 0.25) is 0 Å². The van der Waals surface area contributed by atoms with Gasteiger partial charge in [-0.25, -0.2) is 8.42 Å². The number of nitrogens with zero attached hydrogens (tertiary/aromatic N) is 1. The number of amides is 1. The number of anilines is 3. The molecule has 1 aromatic heterocycles. The quantitative estimate of drug-likeness (QED) is 0.416. The Labute approximate surface area is 217 Å². The number of halogens is 3. The van der Waals surface area contributed by atoms with Crippen molar-refractivity contribution in [3.63, 3.8) is 0 Å². The van der Waals surface area contributed by atoms with Crippen LogP contribution in [0.2, 0.25) is 0 Å². The Bertz CT molecular complexity index is 1430.